The topological polar surface area (TPSA) is 84.5 Å². The van der Waals surface area contributed by atoms with Crippen LogP contribution in [0.25, 0.3) is 48.1 Å². The Bertz CT molecular complexity index is 2060. The molecule has 0 radical (unpaired) electrons. The highest BCUT2D eigenvalue weighted by Gasteiger charge is 2.37. The second-order valence-corrected chi connectivity index (χ2v) is 9.04. The van der Waals surface area contributed by atoms with Crippen LogP contribution in [0.2, 0.25) is 0 Å². The van der Waals surface area contributed by atoms with Crippen molar-refractivity contribution in [3.63, 3.8) is 0 Å². The summed E-state index contributed by atoms with van der Waals surface area (Å²) in [6.07, 6.45) is 0. The molecule has 0 amide bonds. The number of halogens is 6. The van der Waals surface area contributed by atoms with Crippen LogP contribution >= 0.6 is 0 Å². The van der Waals surface area contributed by atoms with E-state index in [1.807, 2.05) is 6.07 Å². The molecule has 2 aliphatic rings. The lowest BCUT2D eigenvalue weighted by Crippen LogP contribution is -1.97. The van der Waals surface area contributed by atoms with Crippen LogP contribution in [0.5, 0.6) is 0 Å². The summed E-state index contributed by atoms with van der Waals surface area (Å²) in [6.45, 7) is 22.9. The predicted molar refractivity (Wildman–Crippen MR) is 143 cm³/mol. The second-order valence-electron chi connectivity index (χ2n) is 9.04. The molecule has 0 unspecified atom stereocenters. The van der Waals surface area contributed by atoms with Gasteiger partial charge in [-0.1, -0.05) is 6.07 Å². The number of allylic oxidation sites excluding steroid dienone is 7. The van der Waals surface area contributed by atoms with Crippen molar-refractivity contribution in [3.05, 3.63) is 150 Å². The molecule has 0 heterocycles. The van der Waals surface area contributed by atoms with Crippen LogP contribution in [0, 0.1) is 88.6 Å². The Balaban J connectivity index is 1.96. The van der Waals surface area contributed by atoms with Gasteiger partial charge in [0.1, 0.15) is 6.07 Å². The van der Waals surface area contributed by atoms with E-state index in [1.165, 1.54) is 12.1 Å². The van der Waals surface area contributed by atoms with Crippen LogP contribution in [0.1, 0.15) is 33.4 Å². The Hall–Kier alpha value is -6.86. The first-order valence-electron chi connectivity index (χ1n) is 11.9. The summed E-state index contributed by atoms with van der Waals surface area (Å²) < 4.78 is 84.8. The van der Waals surface area contributed by atoms with Gasteiger partial charge in [-0.3, -0.25) is 0 Å². The smallest absolute Gasteiger partial charge is 0.237 e. The standard InChI is InChI=1S/C32H6F6N6/c1-42-24(11-40)28-16-9-17-18(8-15(16)19(10-39)26(28)13-4-20(33)30(37)21(34)5-13)32(44-3)27(29(17)25(12-41)43-2)14-6-22(35)31(38)23(36)7-14/h4-9H/b28-24+,29-25-. The predicted octanol–water partition coefficient (Wildman–Crippen LogP) is 8.08. The summed E-state index contributed by atoms with van der Waals surface area (Å²) in [5.74, 6) is -10.1. The molecule has 0 spiro atoms. The fourth-order valence-corrected chi connectivity index (χ4v) is 5.17. The zero-order chi connectivity index (χ0) is 32.0. The first-order chi connectivity index (χ1) is 21.1. The average molecular weight is 588 g/mol. The zero-order valence-electron chi connectivity index (χ0n) is 21.4. The fraction of sp³-hybridized carbons (Fsp3) is 0. The first-order valence-corrected chi connectivity index (χ1v) is 11.9. The Morgan fingerprint density at radius 2 is 0.977 bits per heavy atom. The summed E-state index contributed by atoms with van der Waals surface area (Å²) in [4.78, 5) is 9.77. The number of fused-ring (bicyclic) bond motifs is 2. The lowest BCUT2D eigenvalue weighted by Gasteiger charge is -2.13. The van der Waals surface area contributed by atoms with Crippen LogP contribution in [0.3, 0.4) is 0 Å². The monoisotopic (exact) mass is 588 g/mol. The van der Waals surface area contributed by atoms with Gasteiger partial charge in [-0.15, -0.1) is 0 Å². The van der Waals surface area contributed by atoms with Gasteiger partial charge in [0.25, 0.3) is 11.4 Å². The molecule has 3 aromatic carbocycles. The summed E-state index contributed by atoms with van der Waals surface area (Å²) in [7, 11) is 0. The molecule has 0 saturated carbocycles. The molecule has 0 aromatic heterocycles. The average Bonchev–Trinajstić information content (AvgIpc) is 3.50. The van der Waals surface area contributed by atoms with E-state index in [0.29, 0.717) is 24.3 Å². The maximum absolute atomic E-state index is 14.3. The van der Waals surface area contributed by atoms with Crippen molar-refractivity contribution in [2.45, 2.75) is 0 Å². The minimum Gasteiger partial charge on any atom is -0.237 e. The second kappa shape index (κ2) is 10.5. The van der Waals surface area contributed by atoms with Gasteiger partial charge >= 0.3 is 0 Å². The third kappa shape index (κ3) is 4.00. The maximum Gasteiger partial charge on any atom is 0.270 e. The number of rotatable bonds is 2. The minimum atomic E-state index is -1.80. The normalized spacial score (nSPS) is 15.3. The Kier molecular flexibility index (Phi) is 6.85. The van der Waals surface area contributed by atoms with Gasteiger partial charge in [0, 0.05) is 5.57 Å². The van der Waals surface area contributed by atoms with Crippen molar-refractivity contribution in [3.8, 4) is 18.2 Å². The minimum absolute atomic E-state index is 0.0441. The Morgan fingerprint density at radius 1 is 0.568 bits per heavy atom. The molecule has 44 heavy (non-hydrogen) atoms. The van der Waals surface area contributed by atoms with Gasteiger partial charge in [-0.25, -0.2) is 51.4 Å². The third-order valence-corrected chi connectivity index (χ3v) is 6.89. The summed E-state index contributed by atoms with van der Waals surface area (Å²) >= 11 is 0. The zero-order valence-corrected chi connectivity index (χ0v) is 21.4. The number of benzene rings is 3. The van der Waals surface area contributed by atoms with Gasteiger partial charge < -0.3 is 0 Å². The van der Waals surface area contributed by atoms with Crippen LogP contribution < -0.4 is 0 Å². The lowest BCUT2D eigenvalue weighted by atomic mass is 9.91. The molecule has 0 saturated heterocycles. The van der Waals surface area contributed by atoms with E-state index in [2.05, 4.69) is 14.5 Å². The lowest BCUT2D eigenvalue weighted by molar-refractivity contribution is 0.446. The van der Waals surface area contributed by atoms with E-state index >= 15 is 0 Å². The molecular weight excluding hydrogens is 582 g/mol. The van der Waals surface area contributed by atoms with Gasteiger partial charge in [0.15, 0.2) is 34.9 Å². The van der Waals surface area contributed by atoms with Crippen molar-refractivity contribution in [1.29, 1.82) is 15.8 Å². The Morgan fingerprint density at radius 3 is 1.39 bits per heavy atom. The fourth-order valence-electron chi connectivity index (χ4n) is 5.17. The SMILES string of the molecule is [C-]#[N+]C1=C(c2cc(F)c(F)c(F)c2)/C(=C(/C#N)[N+]#[C-])c2cc3c(cc21)C(C#N)=C(c1cc(F)c(F)c(F)c1)/C3=C(\C#N)[N+]#[C-]. The number of hydrogen-bond donors (Lipinski definition) is 0. The number of nitriles is 3. The molecule has 206 valence electrons. The first kappa shape index (κ1) is 28.7. The van der Waals surface area contributed by atoms with Crippen molar-refractivity contribution in [1.82, 2.24) is 0 Å². The number of nitrogens with zero attached hydrogens (tertiary/aromatic N) is 6. The molecule has 3 aromatic rings. The van der Waals surface area contributed by atoms with E-state index in [1.54, 1.807) is 12.1 Å². The molecule has 0 fully saturated rings. The van der Waals surface area contributed by atoms with Crippen molar-refractivity contribution in [2.24, 2.45) is 0 Å². The maximum atomic E-state index is 14.3. The van der Waals surface area contributed by atoms with Crippen molar-refractivity contribution < 1.29 is 26.3 Å². The van der Waals surface area contributed by atoms with E-state index in [0.717, 1.165) is 0 Å². The van der Waals surface area contributed by atoms with E-state index in [-0.39, 0.29) is 55.8 Å². The molecule has 6 nitrogen and oxygen atoms in total. The van der Waals surface area contributed by atoms with Crippen LogP contribution in [-0.2, 0) is 0 Å². The Labute approximate surface area is 244 Å². The molecule has 0 atom stereocenters. The van der Waals surface area contributed by atoms with Gasteiger partial charge in [-0.2, -0.15) is 5.26 Å². The third-order valence-electron chi connectivity index (χ3n) is 6.89. The summed E-state index contributed by atoms with van der Waals surface area (Å²) in [5, 5.41) is 29.7. The van der Waals surface area contributed by atoms with Gasteiger partial charge in [0.2, 0.25) is 5.70 Å². The summed E-state index contributed by atoms with van der Waals surface area (Å²) in [6, 6.07) is 9.87. The highest BCUT2D eigenvalue weighted by molar-refractivity contribution is 6.29. The molecular formula is C32H6F6N6. The molecule has 0 aliphatic heterocycles. The van der Waals surface area contributed by atoms with E-state index in [9.17, 15) is 42.1 Å². The van der Waals surface area contributed by atoms with Crippen molar-refractivity contribution >= 4 is 33.6 Å². The van der Waals surface area contributed by atoms with Gasteiger partial charge in [-0.05, 0) is 80.4 Å². The van der Waals surface area contributed by atoms with Crippen LogP contribution in [0.15, 0.2) is 47.8 Å². The molecule has 5 rings (SSSR count). The van der Waals surface area contributed by atoms with Crippen molar-refractivity contribution in [2.75, 3.05) is 0 Å². The molecule has 2 aliphatic carbocycles. The van der Waals surface area contributed by atoms with Crippen LogP contribution in [-0.4, -0.2) is 0 Å². The highest BCUT2D eigenvalue weighted by atomic mass is 19.2. The highest BCUT2D eigenvalue weighted by Crippen LogP contribution is 2.55. The summed E-state index contributed by atoms with van der Waals surface area (Å²) in [5.41, 5.74) is -4.14. The van der Waals surface area contributed by atoms with E-state index in [4.69, 9.17) is 19.7 Å². The van der Waals surface area contributed by atoms with Crippen LogP contribution in [0.4, 0.5) is 26.3 Å². The van der Waals surface area contributed by atoms with E-state index < -0.39 is 57.4 Å². The largest absolute Gasteiger partial charge is 0.270 e. The molecule has 0 bridgehead atoms. The molecule has 0 N–H and O–H groups in total. The quantitative estimate of drug-likeness (QED) is 0.131. The molecule has 12 heteroatoms. The van der Waals surface area contributed by atoms with Gasteiger partial charge in [0.05, 0.1) is 37.4 Å². The number of hydrogen-bond acceptors (Lipinski definition) is 3.